The molecule has 2 fully saturated rings. The van der Waals surface area contributed by atoms with Crippen LogP contribution in [0.5, 0.6) is 0 Å². The van der Waals surface area contributed by atoms with Gasteiger partial charge in [0.2, 0.25) is 15.9 Å². The lowest BCUT2D eigenvalue weighted by molar-refractivity contribution is -0.131. The third kappa shape index (κ3) is 4.22. The number of hydrogen-bond donors (Lipinski definition) is 1. The Labute approximate surface area is 172 Å². The average molecular weight is 438 g/mol. The molecule has 0 spiro atoms. The number of carbonyl (C=O) groups excluding carboxylic acids is 1. The SMILES string of the molecule is CS(=O)(=O)N[C@@H]1CCN(C(=O)[C@@H]2C[C@H]2c2cc(F)ccc2-c2c(F)cccc2F)C1. The fraction of sp³-hybridized carbons (Fsp3) is 0.381. The monoisotopic (exact) mass is 438 g/mol. The molecule has 0 radical (unpaired) electrons. The summed E-state index contributed by atoms with van der Waals surface area (Å²) in [6, 6.07) is 6.92. The number of nitrogens with one attached hydrogen (secondary N) is 1. The summed E-state index contributed by atoms with van der Waals surface area (Å²) in [7, 11) is -3.36. The lowest BCUT2D eigenvalue weighted by Crippen LogP contribution is -2.38. The summed E-state index contributed by atoms with van der Waals surface area (Å²) in [6.07, 6.45) is 2.04. The molecule has 3 atom stereocenters. The van der Waals surface area contributed by atoms with Crippen LogP contribution >= 0.6 is 0 Å². The van der Waals surface area contributed by atoms with E-state index in [0.717, 1.165) is 24.5 Å². The van der Waals surface area contributed by atoms with Gasteiger partial charge in [0.05, 0.1) is 11.8 Å². The summed E-state index contributed by atoms with van der Waals surface area (Å²) < 4.78 is 67.9. The first-order chi connectivity index (χ1) is 14.1. The number of hydrogen-bond acceptors (Lipinski definition) is 3. The predicted octanol–water partition coefficient (Wildman–Crippen LogP) is 3.02. The largest absolute Gasteiger partial charge is 0.341 e. The van der Waals surface area contributed by atoms with Gasteiger partial charge in [-0.1, -0.05) is 12.1 Å². The van der Waals surface area contributed by atoms with Crippen molar-refractivity contribution in [1.82, 2.24) is 9.62 Å². The molecule has 2 aliphatic rings. The molecule has 4 rings (SSSR count). The Morgan fingerprint density at radius 1 is 1.13 bits per heavy atom. The Morgan fingerprint density at radius 2 is 1.83 bits per heavy atom. The fourth-order valence-electron chi connectivity index (χ4n) is 4.23. The van der Waals surface area contributed by atoms with E-state index < -0.39 is 33.4 Å². The molecule has 0 unspecified atom stereocenters. The van der Waals surface area contributed by atoms with Crippen LogP contribution in [0.3, 0.4) is 0 Å². The van der Waals surface area contributed by atoms with Crippen molar-refractivity contribution in [3.05, 3.63) is 59.4 Å². The first kappa shape index (κ1) is 20.9. The molecule has 160 valence electrons. The molecule has 5 nitrogen and oxygen atoms in total. The highest BCUT2D eigenvalue weighted by Crippen LogP contribution is 2.52. The van der Waals surface area contributed by atoms with Gasteiger partial charge < -0.3 is 4.90 Å². The van der Waals surface area contributed by atoms with Crippen LogP contribution in [0.25, 0.3) is 11.1 Å². The number of benzene rings is 2. The zero-order chi connectivity index (χ0) is 21.6. The minimum atomic E-state index is -3.36. The van der Waals surface area contributed by atoms with Gasteiger partial charge in [-0.25, -0.2) is 26.3 Å². The molecule has 1 saturated heterocycles. The number of nitrogens with zero attached hydrogens (tertiary/aromatic N) is 1. The van der Waals surface area contributed by atoms with Gasteiger partial charge in [0.15, 0.2) is 0 Å². The van der Waals surface area contributed by atoms with Crippen molar-refractivity contribution in [1.29, 1.82) is 0 Å². The van der Waals surface area contributed by atoms with E-state index in [4.69, 9.17) is 0 Å². The van der Waals surface area contributed by atoms with Crippen molar-refractivity contribution in [2.24, 2.45) is 5.92 Å². The fourth-order valence-corrected chi connectivity index (χ4v) is 5.03. The Morgan fingerprint density at radius 3 is 2.50 bits per heavy atom. The standard InChI is InChI=1S/C21H21F3N2O3S/c1-30(28,29)25-13-7-8-26(11-13)21(27)17-10-16(17)15-9-12(22)5-6-14(15)20-18(23)3-2-4-19(20)24/h2-6,9,13,16-17,25H,7-8,10-11H2,1H3/t13-,16+,17-/m1/s1. The minimum Gasteiger partial charge on any atom is -0.341 e. The predicted molar refractivity (Wildman–Crippen MR) is 106 cm³/mol. The minimum absolute atomic E-state index is 0.151. The van der Waals surface area contributed by atoms with Crippen molar-refractivity contribution >= 4 is 15.9 Å². The Balaban J connectivity index is 1.55. The van der Waals surface area contributed by atoms with Crippen LogP contribution < -0.4 is 4.72 Å². The van der Waals surface area contributed by atoms with Crippen LogP contribution in [-0.4, -0.2) is 44.6 Å². The highest BCUT2D eigenvalue weighted by molar-refractivity contribution is 7.88. The van der Waals surface area contributed by atoms with Crippen LogP contribution in [0.4, 0.5) is 13.2 Å². The third-order valence-corrected chi connectivity index (χ3v) is 6.39. The van der Waals surface area contributed by atoms with E-state index in [1.165, 1.54) is 18.2 Å². The first-order valence-corrected chi connectivity index (χ1v) is 11.5. The number of carbonyl (C=O) groups is 1. The van der Waals surface area contributed by atoms with E-state index in [-0.39, 0.29) is 35.5 Å². The first-order valence-electron chi connectivity index (χ1n) is 9.64. The summed E-state index contributed by atoms with van der Waals surface area (Å²) >= 11 is 0. The quantitative estimate of drug-likeness (QED) is 0.781. The number of likely N-dealkylation sites (tertiary alicyclic amines) is 1. The lowest BCUT2D eigenvalue weighted by atomic mass is 9.94. The van der Waals surface area contributed by atoms with Gasteiger partial charge >= 0.3 is 0 Å². The average Bonchev–Trinajstić information content (AvgIpc) is 3.32. The van der Waals surface area contributed by atoms with Crippen LogP contribution in [0.2, 0.25) is 0 Å². The Bertz CT molecular complexity index is 1090. The van der Waals surface area contributed by atoms with Crippen LogP contribution in [0, 0.1) is 23.4 Å². The summed E-state index contributed by atoms with van der Waals surface area (Å²) in [5, 5.41) is 0. The van der Waals surface area contributed by atoms with Gasteiger partial charge in [-0.05, 0) is 54.2 Å². The van der Waals surface area contributed by atoms with Crippen molar-refractivity contribution in [3.8, 4) is 11.1 Å². The Hall–Kier alpha value is -2.39. The van der Waals surface area contributed by atoms with Crippen molar-refractivity contribution in [2.45, 2.75) is 24.8 Å². The van der Waals surface area contributed by atoms with Crippen LogP contribution in [0.1, 0.15) is 24.3 Å². The summed E-state index contributed by atoms with van der Waals surface area (Å²) in [5.74, 6) is -2.95. The highest BCUT2D eigenvalue weighted by Gasteiger charge is 2.48. The van der Waals surface area contributed by atoms with Gasteiger partial charge in [-0.3, -0.25) is 4.79 Å². The summed E-state index contributed by atoms with van der Waals surface area (Å²) in [4.78, 5) is 14.5. The maximum atomic E-state index is 14.3. The van der Waals surface area contributed by atoms with Gasteiger partial charge in [-0.2, -0.15) is 0 Å². The number of amides is 1. The smallest absolute Gasteiger partial charge is 0.226 e. The van der Waals surface area contributed by atoms with Crippen molar-refractivity contribution < 1.29 is 26.4 Å². The van der Waals surface area contributed by atoms with Crippen molar-refractivity contribution in [2.75, 3.05) is 19.3 Å². The maximum Gasteiger partial charge on any atom is 0.226 e. The highest BCUT2D eigenvalue weighted by atomic mass is 32.2. The molecule has 0 bridgehead atoms. The molecule has 1 heterocycles. The molecular formula is C21H21F3N2O3S. The van der Waals surface area contributed by atoms with E-state index in [1.807, 2.05) is 0 Å². The number of sulfonamides is 1. The third-order valence-electron chi connectivity index (χ3n) is 5.63. The molecule has 1 amide bonds. The van der Waals surface area contributed by atoms with E-state index in [0.29, 0.717) is 24.9 Å². The molecule has 2 aromatic rings. The van der Waals surface area contributed by atoms with Gasteiger partial charge in [0.1, 0.15) is 17.5 Å². The molecule has 1 N–H and O–H groups in total. The maximum absolute atomic E-state index is 14.3. The topological polar surface area (TPSA) is 66.5 Å². The second kappa shape index (κ2) is 7.70. The normalized spacial score (nSPS) is 23.6. The van der Waals surface area contributed by atoms with E-state index in [9.17, 15) is 26.4 Å². The molecule has 9 heteroatoms. The molecule has 0 aromatic heterocycles. The van der Waals surface area contributed by atoms with E-state index in [2.05, 4.69) is 4.72 Å². The zero-order valence-electron chi connectivity index (χ0n) is 16.2. The summed E-state index contributed by atoms with van der Waals surface area (Å²) in [5.41, 5.74) is 0.414. The second-order valence-electron chi connectivity index (χ2n) is 7.94. The molecule has 2 aromatic carbocycles. The lowest BCUT2D eigenvalue weighted by Gasteiger charge is -2.17. The van der Waals surface area contributed by atoms with Crippen LogP contribution in [0.15, 0.2) is 36.4 Å². The Kier molecular flexibility index (Phi) is 5.36. The second-order valence-corrected chi connectivity index (χ2v) is 9.72. The molecule has 30 heavy (non-hydrogen) atoms. The number of halogens is 3. The van der Waals surface area contributed by atoms with Gasteiger partial charge in [0, 0.05) is 25.0 Å². The zero-order valence-corrected chi connectivity index (χ0v) is 17.1. The number of rotatable bonds is 5. The van der Waals surface area contributed by atoms with E-state index >= 15 is 0 Å². The van der Waals surface area contributed by atoms with Crippen LogP contribution in [-0.2, 0) is 14.8 Å². The van der Waals surface area contributed by atoms with Crippen molar-refractivity contribution in [3.63, 3.8) is 0 Å². The van der Waals surface area contributed by atoms with Gasteiger partial charge in [0.25, 0.3) is 0 Å². The molecule has 1 aliphatic heterocycles. The summed E-state index contributed by atoms with van der Waals surface area (Å²) in [6.45, 7) is 0.695. The molecule has 1 saturated carbocycles. The van der Waals surface area contributed by atoms with Gasteiger partial charge in [-0.15, -0.1) is 0 Å². The van der Waals surface area contributed by atoms with E-state index in [1.54, 1.807) is 4.90 Å². The molecule has 1 aliphatic carbocycles. The molecular weight excluding hydrogens is 417 g/mol.